The van der Waals surface area contributed by atoms with Gasteiger partial charge in [0.25, 0.3) is 5.22 Å². The van der Waals surface area contributed by atoms with Crippen molar-refractivity contribution >= 4 is 18.0 Å². The van der Waals surface area contributed by atoms with E-state index in [2.05, 4.69) is 10.2 Å². The smallest absolute Gasteiger partial charge is 0.276 e. The number of nitrogens with zero attached hydrogens (tertiary/aromatic N) is 2. The molecule has 2 aromatic rings. The van der Waals surface area contributed by atoms with Gasteiger partial charge in [-0.05, 0) is 18.2 Å². The fraction of sp³-hybridized carbons (Fsp3) is 0.357. The monoisotopic (exact) mass is 308 g/mol. The van der Waals surface area contributed by atoms with Crippen LogP contribution in [0.15, 0.2) is 27.8 Å². The zero-order valence-corrected chi connectivity index (χ0v) is 12.7. The number of ether oxygens (including phenoxy) is 2. The second kappa shape index (κ2) is 7.68. The van der Waals surface area contributed by atoms with Crippen LogP contribution in [0.1, 0.15) is 23.2 Å². The molecule has 0 aliphatic heterocycles. The van der Waals surface area contributed by atoms with E-state index in [0.717, 1.165) is 12.7 Å². The van der Waals surface area contributed by atoms with Crippen LogP contribution in [0.2, 0.25) is 0 Å². The highest BCUT2D eigenvalue weighted by Gasteiger charge is 2.07. The van der Waals surface area contributed by atoms with Gasteiger partial charge in [-0.1, -0.05) is 18.7 Å². The molecule has 1 heterocycles. The van der Waals surface area contributed by atoms with Gasteiger partial charge in [-0.25, -0.2) is 0 Å². The lowest BCUT2D eigenvalue weighted by atomic mass is 10.2. The van der Waals surface area contributed by atoms with Crippen LogP contribution < -0.4 is 9.47 Å². The number of aldehydes is 1. The number of aromatic nitrogens is 2. The Morgan fingerprint density at radius 3 is 2.86 bits per heavy atom. The molecule has 0 fully saturated rings. The van der Waals surface area contributed by atoms with Crippen LogP contribution in [0.4, 0.5) is 0 Å². The zero-order valence-electron chi connectivity index (χ0n) is 11.9. The average Bonchev–Trinajstić information content (AvgIpc) is 2.99. The molecule has 0 spiro atoms. The number of methoxy groups -OCH3 is 1. The predicted molar refractivity (Wildman–Crippen MR) is 78.3 cm³/mol. The fourth-order valence-corrected chi connectivity index (χ4v) is 2.19. The van der Waals surface area contributed by atoms with Crippen LogP contribution in [0.25, 0.3) is 0 Å². The van der Waals surface area contributed by atoms with E-state index in [-0.39, 0.29) is 0 Å². The van der Waals surface area contributed by atoms with Crippen molar-refractivity contribution in [3.8, 4) is 11.5 Å². The standard InChI is InChI=1S/C14H16N2O4S/c1-3-13-15-16-14(20-13)21-7-6-19-11-5-4-10(9-17)8-12(11)18-2/h4-5,8-9H,3,6-7H2,1-2H3. The molecule has 21 heavy (non-hydrogen) atoms. The van der Waals surface area contributed by atoms with Gasteiger partial charge in [-0.2, -0.15) is 0 Å². The Labute approximate surface area is 126 Å². The number of hydrogen-bond acceptors (Lipinski definition) is 7. The van der Waals surface area contributed by atoms with E-state index >= 15 is 0 Å². The number of aryl methyl sites for hydroxylation is 1. The second-order valence-electron chi connectivity index (χ2n) is 4.04. The quantitative estimate of drug-likeness (QED) is 0.421. The lowest BCUT2D eigenvalue weighted by molar-refractivity contribution is 0.112. The van der Waals surface area contributed by atoms with Gasteiger partial charge in [0.1, 0.15) is 6.29 Å². The summed E-state index contributed by atoms with van der Waals surface area (Å²) in [6.07, 6.45) is 1.49. The van der Waals surface area contributed by atoms with Crippen molar-refractivity contribution in [1.29, 1.82) is 0 Å². The molecule has 0 radical (unpaired) electrons. The Morgan fingerprint density at radius 1 is 1.33 bits per heavy atom. The van der Waals surface area contributed by atoms with E-state index in [1.54, 1.807) is 18.2 Å². The third-order valence-corrected chi connectivity index (χ3v) is 3.42. The van der Waals surface area contributed by atoms with Crippen molar-refractivity contribution < 1.29 is 18.7 Å². The molecule has 0 N–H and O–H groups in total. The lowest BCUT2D eigenvalue weighted by Gasteiger charge is -2.10. The summed E-state index contributed by atoms with van der Waals surface area (Å²) in [5, 5.41) is 8.34. The van der Waals surface area contributed by atoms with Crippen molar-refractivity contribution in [2.45, 2.75) is 18.6 Å². The van der Waals surface area contributed by atoms with Gasteiger partial charge in [0.05, 0.1) is 13.7 Å². The molecule has 1 aromatic heterocycles. The first-order chi connectivity index (χ1) is 10.3. The number of benzene rings is 1. The first-order valence-electron chi connectivity index (χ1n) is 6.48. The molecule has 0 bridgehead atoms. The topological polar surface area (TPSA) is 74.5 Å². The zero-order chi connectivity index (χ0) is 15.1. The largest absolute Gasteiger partial charge is 0.493 e. The molecule has 1 aromatic carbocycles. The third kappa shape index (κ3) is 4.22. The van der Waals surface area contributed by atoms with E-state index in [4.69, 9.17) is 13.9 Å². The van der Waals surface area contributed by atoms with Gasteiger partial charge in [-0.15, -0.1) is 10.2 Å². The van der Waals surface area contributed by atoms with Crippen LogP contribution in [0, 0.1) is 0 Å². The molecule has 0 aliphatic carbocycles. The molecule has 0 amide bonds. The third-order valence-electron chi connectivity index (χ3n) is 2.64. The number of carbonyl (C=O) groups is 1. The maximum absolute atomic E-state index is 10.7. The van der Waals surface area contributed by atoms with Crippen molar-refractivity contribution in [2.24, 2.45) is 0 Å². The van der Waals surface area contributed by atoms with E-state index in [1.807, 2.05) is 6.92 Å². The molecule has 0 saturated heterocycles. The van der Waals surface area contributed by atoms with E-state index in [9.17, 15) is 4.79 Å². The van der Waals surface area contributed by atoms with Gasteiger partial charge < -0.3 is 13.9 Å². The molecule has 112 valence electrons. The van der Waals surface area contributed by atoms with E-state index < -0.39 is 0 Å². The van der Waals surface area contributed by atoms with Gasteiger partial charge in [-0.3, -0.25) is 4.79 Å². The Kier molecular flexibility index (Phi) is 5.62. The van der Waals surface area contributed by atoms with E-state index in [1.165, 1.54) is 18.9 Å². The molecule has 2 rings (SSSR count). The molecule has 7 heteroatoms. The summed E-state index contributed by atoms with van der Waals surface area (Å²) < 4.78 is 16.2. The van der Waals surface area contributed by atoms with Gasteiger partial charge in [0.2, 0.25) is 5.89 Å². The highest BCUT2D eigenvalue weighted by Crippen LogP contribution is 2.28. The van der Waals surface area contributed by atoms with Gasteiger partial charge >= 0.3 is 0 Å². The molecule has 0 unspecified atom stereocenters. The summed E-state index contributed by atoms with van der Waals surface area (Å²) in [4.78, 5) is 10.7. The first-order valence-corrected chi connectivity index (χ1v) is 7.46. The fourth-order valence-electron chi connectivity index (χ4n) is 1.60. The van der Waals surface area contributed by atoms with Crippen LogP contribution >= 0.6 is 11.8 Å². The molecule has 0 atom stereocenters. The van der Waals surface area contributed by atoms with Crippen molar-refractivity contribution in [2.75, 3.05) is 19.5 Å². The Balaban J connectivity index is 1.84. The molecular weight excluding hydrogens is 292 g/mol. The summed E-state index contributed by atoms with van der Waals surface area (Å²) in [5.41, 5.74) is 0.548. The van der Waals surface area contributed by atoms with Crippen LogP contribution in [0.5, 0.6) is 11.5 Å². The summed E-state index contributed by atoms with van der Waals surface area (Å²) in [5.74, 6) is 2.44. The summed E-state index contributed by atoms with van der Waals surface area (Å²) in [7, 11) is 1.54. The summed E-state index contributed by atoms with van der Waals surface area (Å²) >= 11 is 1.43. The normalized spacial score (nSPS) is 10.4. The average molecular weight is 308 g/mol. The number of thioether (sulfide) groups is 1. The minimum absolute atomic E-state index is 0.464. The summed E-state index contributed by atoms with van der Waals surface area (Å²) in [6.45, 7) is 2.42. The molecule has 6 nitrogen and oxygen atoms in total. The predicted octanol–water partition coefficient (Wildman–Crippen LogP) is 2.62. The SMILES string of the molecule is CCc1nnc(SCCOc2ccc(C=O)cc2OC)o1. The van der Waals surface area contributed by atoms with Crippen molar-refractivity contribution in [3.63, 3.8) is 0 Å². The maximum atomic E-state index is 10.7. The Hall–Kier alpha value is -2.02. The Morgan fingerprint density at radius 2 is 2.19 bits per heavy atom. The van der Waals surface area contributed by atoms with Crippen LogP contribution in [0.3, 0.4) is 0 Å². The molecule has 0 saturated carbocycles. The Bertz CT molecular complexity index is 600. The minimum Gasteiger partial charge on any atom is -0.493 e. The second-order valence-corrected chi connectivity index (χ2v) is 5.09. The number of carbonyl (C=O) groups excluding carboxylic acids is 1. The van der Waals surface area contributed by atoms with Crippen molar-refractivity contribution in [3.05, 3.63) is 29.7 Å². The molecule has 0 aliphatic rings. The van der Waals surface area contributed by atoms with Gasteiger partial charge in [0, 0.05) is 17.7 Å². The molecular formula is C14H16N2O4S. The van der Waals surface area contributed by atoms with Crippen LogP contribution in [-0.2, 0) is 6.42 Å². The number of rotatable bonds is 8. The minimum atomic E-state index is 0.464. The maximum Gasteiger partial charge on any atom is 0.276 e. The van der Waals surface area contributed by atoms with Gasteiger partial charge in [0.15, 0.2) is 11.5 Å². The lowest BCUT2D eigenvalue weighted by Crippen LogP contribution is -2.02. The highest BCUT2D eigenvalue weighted by atomic mass is 32.2. The van der Waals surface area contributed by atoms with E-state index in [0.29, 0.717) is 40.5 Å². The van der Waals surface area contributed by atoms with Crippen molar-refractivity contribution in [1.82, 2.24) is 10.2 Å². The number of hydrogen-bond donors (Lipinski definition) is 0. The highest BCUT2D eigenvalue weighted by molar-refractivity contribution is 7.99. The first kappa shape index (κ1) is 15.4. The summed E-state index contributed by atoms with van der Waals surface area (Å²) in [6, 6.07) is 5.04. The van der Waals surface area contributed by atoms with Crippen LogP contribution in [-0.4, -0.2) is 36.0 Å².